The molecule has 0 aliphatic heterocycles. The van der Waals surface area contributed by atoms with Gasteiger partial charge in [-0.15, -0.1) is 0 Å². The molecular formula is C24H42CrO4Si2. The quantitative estimate of drug-likeness (QED) is 0.471. The van der Waals surface area contributed by atoms with Crippen molar-refractivity contribution in [3.63, 3.8) is 0 Å². The van der Waals surface area contributed by atoms with Crippen LogP contribution in [0.15, 0.2) is 60.7 Å². The van der Waals surface area contributed by atoms with Gasteiger partial charge < -0.3 is 0 Å². The summed E-state index contributed by atoms with van der Waals surface area (Å²) in [6.07, 6.45) is 0. The predicted molar refractivity (Wildman–Crippen MR) is 132 cm³/mol. The Kier molecular flexibility index (Phi) is 14.4. The molecule has 0 aromatic heterocycles. The summed E-state index contributed by atoms with van der Waals surface area (Å²) >= 11 is -5.25. The Morgan fingerprint density at radius 3 is 0.903 bits per heavy atom. The fourth-order valence-corrected chi connectivity index (χ4v) is 11.6. The molecule has 0 amide bonds. The number of benzene rings is 2. The first-order chi connectivity index (χ1) is 14.6. The van der Waals surface area contributed by atoms with E-state index in [0.29, 0.717) is 0 Å². The van der Waals surface area contributed by atoms with Crippen LogP contribution in [0.3, 0.4) is 0 Å². The Bertz CT molecular complexity index is 724. The summed E-state index contributed by atoms with van der Waals surface area (Å²) in [5, 5.41) is 3.28. The normalized spacial score (nSPS) is 11.6. The zero-order valence-corrected chi connectivity index (χ0v) is 23.4. The van der Waals surface area contributed by atoms with Crippen molar-refractivity contribution in [2.45, 2.75) is 77.8 Å². The van der Waals surface area contributed by atoms with Crippen LogP contribution >= 0.6 is 0 Å². The fraction of sp³-hybridized carbons (Fsp3) is 0.500. The molecule has 0 saturated carbocycles. The van der Waals surface area contributed by atoms with Crippen molar-refractivity contribution in [2.24, 2.45) is 0 Å². The molecule has 0 aliphatic carbocycles. The minimum atomic E-state index is -5.25. The Morgan fingerprint density at radius 1 is 0.548 bits per heavy atom. The molecule has 0 radical (unpaired) electrons. The van der Waals surface area contributed by atoms with Gasteiger partial charge in [-0.2, -0.15) is 0 Å². The molecule has 0 unspecified atom stereocenters. The molecule has 4 nitrogen and oxygen atoms in total. The third-order valence-electron chi connectivity index (χ3n) is 6.83. The van der Waals surface area contributed by atoms with E-state index in [1.807, 2.05) is 0 Å². The summed E-state index contributed by atoms with van der Waals surface area (Å²) in [7, 11) is -2.19. The fourth-order valence-electron chi connectivity index (χ4n) is 4.31. The van der Waals surface area contributed by atoms with Crippen molar-refractivity contribution in [1.82, 2.24) is 0 Å². The molecular weight excluding hydrogens is 460 g/mol. The molecule has 0 saturated heterocycles. The van der Waals surface area contributed by atoms with Gasteiger partial charge in [0.15, 0.2) is 0 Å². The average molecular weight is 503 g/mol. The molecule has 0 atom stereocenters. The summed E-state index contributed by atoms with van der Waals surface area (Å²) in [5.41, 5.74) is 0. The summed E-state index contributed by atoms with van der Waals surface area (Å²) < 4.78 is 31.9. The van der Waals surface area contributed by atoms with E-state index in [1.54, 1.807) is 10.4 Å². The number of hydrogen-bond acceptors (Lipinski definition) is 2. The van der Waals surface area contributed by atoms with Crippen molar-refractivity contribution >= 4 is 26.5 Å². The second-order valence-electron chi connectivity index (χ2n) is 7.86. The second kappa shape index (κ2) is 14.9. The van der Waals surface area contributed by atoms with Crippen LogP contribution in [0.4, 0.5) is 0 Å². The van der Waals surface area contributed by atoms with Crippen molar-refractivity contribution in [3.8, 4) is 0 Å². The van der Waals surface area contributed by atoms with Crippen LogP contribution in [0, 0.1) is 0 Å². The molecule has 2 aromatic rings. The first kappa shape index (κ1) is 29.9. The van der Waals surface area contributed by atoms with Crippen LogP contribution in [0.2, 0.25) is 36.3 Å². The van der Waals surface area contributed by atoms with Crippen LogP contribution in [0.5, 0.6) is 0 Å². The molecule has 31 heavy (non-hydrogen) atoms. The summed E-state index contributed by atoms with van der Waals surface area (Å²) in [6.45, 7) is 14.1. The second-order valence-corrected chi connectivity index (χ2v) is 19.8. The van der Waals surface area contributed by atoms with Gasteiger partial charge in [-0.3, -0.25) is 0 Å². The van der Waals surface area contributed by atoms with Crippen LogP contribution in [-0.4, -0.2) is 24.5 Å². The molecule has 0 spiro atoms. The molecule has 0 aliphatic rings. The maximum absolute atomic E-state index is 8.82. The van der Waals surface area contributed by atoms with Gasteiger partial charge in [0, 0.05) is 0 Å². The number of rotatable bonds is 8. The zero-order valence-electron chi connectivity index (χ0n) is 20.1. The summed E-state index contributed by atoms with van der Waals surface area (Å²) in [6, 6.07) is 30.5. The minimum absolute atomic E-state index is 1.09. The Labute approximate surface area is 194 Å². The average Bonchev–Trinajstić information content (AvgIpc) is 2.78. The SMILES string of the molecule is CC[Si](CC)(CC)c1ccccc1.CC[Si](CC)(CC)c1ccccc1.[O]=[Cr](=[O])([OH])[OH]. The molecule has 2 rings (SSSR count). The molecule has 0 fully saturated rings. The van der Waals surface area contributed by atoms with Crippen LogP contribution in [0.1, 0.15) is 41.5 Å². The van der Waals surface area contributed by atoms with Gasteiger partial charge in [0.25, 0.3) is 0 Å². The summed E-state index contributed by atoms with van der Waals surface area (Å²) in [5.74, 6) is 0. The van der Waals surface area contributed by atoms with E-state index in [0.717, 1.165) is 0 Å². The molecule has 176 valence electrons. The van der Waals surface area contributed by atoms with Gasteiger partial charge >= 0.3 is 29.5 Å². The Hall–Kier alpha value is -1.07. The van der Waals surface area contributed by atoms with Gasteiger partial charge in [0.1, 0.15) is 0 Å². The van der Waals surface area contributed by atoms with E-state index >= 15 is 0 Å². The van der Waals surface area contributed by atoms with E-state index < -0.39 is 29.8 Å². The Balaban J connectivity index is 0.000000479. The third kappa shape index (κ3) is 10.4. The first-order valence-electron chi connectivity index (χ1n) is 11.4. The molecule has 2 aromatic carbocycles. The van der Waals surface area contributed by atoms with Gasteiger partial charge in [0.2, 0.25) is 0 Å². The predicted octanol–water partition coefficient (Wildman–Crippen LogP) is 5.45. The Morgan fingerprint density at radius 2 is 0.742 bits per heavy atom. The topological polar surface area (TPSA) is 74.6 Å². The molecule has 7 heteroatoms. The molecule has 0 bridgehead atoms. The van der Waals surface area contributed by atoms with Gasteiger partial charge in [0.05, 0.1) is 16.1 Å². The number of hydrogen-bond donors (Lipinski definition) is 2. The first-order valence-corrected chi connectivity index (χ1v) is 18.8. The van der Waals surface area contributed by atoms with E-state index in [-0.39, 0.29) is 0 Å². The van der Waals surface area contributed by atoms with Crippen LogP contribution in [-0.2, 0) is 21.2 Å². The van der Waals surface area contributed by atoms with E-state index in [1.165, 1.54) is 36.3 Å². The monoisotopic (exact) mass is 502 g/mol. The van der Waals surface area contributed by atoms with Crippen molar-refractivity contribution in [3.05, 3.63) is 60.7 Å². The zero-order chi connectivity index (χ0) is 24.0. The van der Waals surface area contributed by atoms with Crippen LogP contribution < -0.4 is 10.4 Å². The molecule has 2 N–H and O–H groups in total. The van der Waals surface area contributed by atoms with E-state index in [9.17, 15) is 0 Å². The molecule has 0 heterocycles. The van der Waals surface area contributed by atoms with Gasteiger partial charge in [-0.1, -0.05) is 149 Å². The standard InChI is InChI=1S/2C12H20Si.Cr.2H2O.2O/c2*1-4-13(5-2,6-3)12-10-8-7-9-11-12;;;;;/h2*7-11H,4-6H2,1-3H3;;2*1H2;;/q;;+2;;;;/p-2. The van der Waals surface area contributed by atoms with Gasteiger partial charge in [-0.25, -0.2) is 0 Å². The van der Waals surface area contributed by atoms with Crippen LogP contribution in [0.25, 0.3) is 0 Å². The van der Waals surface area contributed by atoms with E-state index in [4.69, 9.17) is 15.9 Å². The van der Waals surface area contributed by atoms with Crippen molar-refractivity contribution in [1.29, 1.82) is 0 Å². The van der Waals surface area contributed by atoms with E-state index in [2.05, 4.69) is 102 Å². The third-order valence-corrected chi connectivity index (χ3v) is 18.1. The maximum atomic E-state index is 8.82. The summed E-state index contributed by atoms with van der Waals surface area (Å²) in [4.78, 5) is 0. The van der Waals surface area contributed by atoms with Crippen molar-refractivity contribution in [2.75, 3.05) is 0 Å². The van der Waals surface area contributed by atoms with Gasteiger partial charge in [-0.05, 0) is 0 Å². The van der Waals surface area contributed by atoms with Crippen molar-refractivity contribution < 1.29 is 29.5 Å².